The molecule has 118 valence electrons. The van der Waals surface area contributed by atoms with Crippen molar-refractivity contribution < 1.29 is 0 Å². The van der Waals surface area contributed by atoms with Gasteiger partial charge in [-0.3, -0.25) is 0 Å². The highest BCUT2D eigenvalue weighted by molar-refractivity contribution is 7.22. The highest BCUT2D eigenvalue weighted by atomic mass is 35.5. The number of fused-ring (bicyclic) bond motifs is 1. The quantitative estimate of drug-likeness (QED) is 0.643. The Morgan fingerprint density at radius 3 is 2.43 bits per heavy atom. The molecule has 0 spiro atoms. The second-order valence-corrected chi connectivity index (χ2v) is 7.39. The second-order valence-electron chi connectivity index (χ2n) is 5.53. The third-order valence-corrected chi connectivity index (χ3v) is 5.72. The van der Waals surface area contributed by atoms with Crippen LogP contribution in [0.1, 0.15) is 0 Å². The Morgan fingerprint density at radius 1 is 0.913 bits per heavy atom. The van der Waals surface area contributed by atoms with Crippen molar-refractivity contribution in [1.29, 1.82) is 0 Å². The molecule has 23 heavy (non-hydrogen) atoms. The number of benzene rings is 2. The molecule has 1 aromatic heterocycles. The van der Waals surface area contributed by atoms with Gasteiger partial charge in [-0.25, -0.2) is 4.98 Å². The predicted octanol–water partition coefficient (Wildman–Crippen LogP) is 4.93. The van der Waals surface area contributed by atoms with Gasteiger partial charge < -0.3 is 9.80 Å². The van der Waals surface area contributed by atoms with Crippen LogP contribution in [0.4, 0.5) is 10.8 Å². The smallest absolute Gasteiger partial charge is 0.186 e. The number of rotatable bonds is 2. The van der Waals surface area contributed by atoms with Crippen LogP contribution in [0, 0.1) is 0 Å². The van der Waals surface area contributed by atoms with Crippen molar-refractivity contribution in [3.63, 3.8) is 0 Å². The number of hydrogen-bond acceptors (Lipinski definition) is 4. The lowest BCUT2D eigenvalue weighted by atomic mass is 10.2. The van der Waals surface area contributed by atoms with E-state index < -0.39 is 0 Å². The van der Waals surface area contributed by atoms with Gasteiger partial charge in [0.1, 0.15) is 0 Å². The standard InChI is InChI=1S/C17H15Cl2N3S/c18-12-5-6-14-16(11-12)23-17(20-14)22-9-7-21(8-10-22)15-4-2-1-3-13(15)19/h1-6,11H,7-10H2. The molecule has 0 saturated carbocycles. The fraction of sp³-hybridized carbons (Fsp3) is 0.235. The van der Waals surface area contributed by atoms with Crippen LogP contribution in [0.3, 0.4) is 0 Å². The van der Waals surface area contributed by atoms with Crippen LogP contribution in [0.25, 0.3) is 10.2 Å². The van der Waals surface area contributed by atoms with Crippen molar-refractivity contribution in [2.75, 3.05) is 36.0 Å². The molecule has 0 unspecified atom stereocenters. The molecule has 0 amide bonds. The van der Waals surface area contributed by atoms with Crippen molar-refractivity contribution >= 4 is 55.6 Å². The first-order chi connectivity index (χ1) is 11.2. The Labute approximate surface area is 149 Å². The molecule has 0 atom stereocenters. The summed E-state index contributed by atoms with van der Waals surface area (Å²) in [5, 5.41) is 2.65. The number of anilines is 2. The molecule has 3 nitrogen and oxygen atoms in total. The molecule has 3 aromatic rings. The van der Waals surface area contributed by atoms with E-state index in [1.165, 1.54) is 0 Å². The van der Waals surface area contributed by atoms with E-state index in [0.29, 0.717) is 0 Å². The first-order valence-corrected chi connectivity index (χ1v) is 9.08. The Kier molecular flexibility index (Phi) is 4.05. The summed E-state index contributed by atoms with van der Waals surface area (Å²) in [6, 6.07) is 13.9. The third-order valence-electron chi connectivity index (χ3n) is 4.08. The van der Waals surface area contributed by atoms with Gasteiger partial charge in [0.25, 0.3) is 0 Å². The highest BCUT2D eigenvalue weighted by Crippen LogP contribution is 2.32. The van der Waals surface area contributed by atoms with Crippen LogP contribution in [0.2, 0.25) is 10.0 Å². The summed E-state index contributed by atoms with van der Waals surface area (Å²) in [6.07, 6.45) is 0. The van der Waals surface area contributed by atoms with Crippen LogP contribution in [-0.4, -0.2) is 31.2 Å². The average molecular weight is 364 g/mol. The molecule has 1 saturated heterocycles. The Balaban J connectivity index is 1.51. The summed E-state index contributed by atoms with van der Waals surface area (Å²) >= 11 is 14.1. The molecule has 4 rings (SSSR count). The molecule has 1 aliphatic heterocycles. The van der Waals surface area contributed by atoms with Gasteiger partial charge in [0.2, 0.25) is 0 Å². The average Bonchev–Trinajstić information content (AvgIpc) is 2.98. The van der Waals surface area contributed by atoms with Gasteiger partial charge in [-0.2, -0.15) is 0 Å². The largest absolute Gasteiger partial charge is 0.367 e. The van der Waals surface area contributed by atoms with Crippen molar-refractivity contribution in [3.05, 3.63) is 52.5 Å². The van der Waals surface area contributed by atoms with E-state index in [0.717, 1.165) is 57.3 Å². The van der Waals surface area contributed by atoms with E-state index in [2.05, 4.69) is 15.9 Å². The lowest BCUT2D eigenvalue weighted by molar-refractivity contribution is 0.652. The van der Waals surface area contributed by atoms with Gasteiger partial charge >= 0.3 is 0 Å². The van der Waals surface area contributed by atoms with E-state index in [1.54, 1.807) is 11.3 Å². The second kappa shape index (κ2) is 6.19. The van der Waals surface area contributed by atoms with Crippen LogP contribution in [0.5, 0.6) is 0 Å². The number of para-hydroxylation sites is 1. The van der Waals surface area contributed by atoms with E-state index in [-0.39, 0.29) is 0 Å². The first-order valence-electron chi connectivity index (χ1n) is 7.51. The number of hydrogen-bond donors (Lipinski definition) is 0. The monoisotopic (exact) mass is 363 g/mol. The van der Waals surface area contributed by atoms with Gasteiger partial charge in [0, 0.05) is 31.2 Å². The topological polar surface area (TPSA) is 19.4 Å². The zero-order valence-electron chi connectivity index (χ0n) is 12.4. The first kappa shape index (κ1) is 15.1. The fourth-order valence-corrected chi connectivity index (χ4v) is 4.42. The Hall–Kier alpha value is -1.49. The minimum atomic E-state index is 0.760. The Bertz CT molecular complexity index is 841. The minimum Gasteiger partial charge on any atom is -0.367 e. The SMILES string of the molecule is Clc1ccc2nc(N3CCN(c4ccccc4Cl)CC3)sc2c1. The number of piperazine rings is 1. The summed E-state index contributed by atoms with van der Waals surface area (Å²) in [4.78, 5) is 9.41. The van der Waals surface area contributed by atoms with E-state index in [1.807, 2.05) is 36.4 Å². The molecule has 1 fully saturated rings. The summed E-state index contributed by atoms with van der Waals surface area (Å²) in [6.45, 7) is 3.78. The van der Waals surface area contributed by atoms with Crippen molar-refractivity contribution in [1.82, 2.24) is 4.98 Å². The maximum atomic E-state index is 6.30. The molecule has 0 aliphatic carbocycles. The van der Waals surface area contributed by atoms with Crippen LogP contribution < -0.4 is 9.80 Å². The summed E-state index contributed by atoms with van der Waals surface area (Å²) in [5.41, 5.74) is 2.13. The number of aromatic nitrogens is 1. The number of nitrogens with zero attached hydrogens (tertiary/aromatic N) is 3. The van der Waals surface area contributed by atoms with Crippen LogP contribution in [-0.2, 0) is 0 Å². The van der Waals surface area contributed by atoms with Gasteiger partial charge in [-0.05, 0) is 30.3 Å². The summed E-state index contributed by atoms with van der Waals surface area (Å²) in [7, 11) is 0. The van der Waals surface area contributed by atoms with Crippen LogP contribution >= 0.6 is 34.5 Å². The number of thiazole rings is 1. The molecule has 0 N–H and O–H groups in total. The molecular weight excluding hydrogens is 349 g/mol. The lowest BCUT2D eigenvalue weighted by Crippen LogP contribution is -2.46. The maximum absolute atomic E-state index is 6.30. The maximum Gasteiger partial charge on any atom is 0.186 e. The van der Waals surface area contributed by atoms with Gasteiger partial charge in [-0.1, -0.05) is 46.7 Å². The third kappa shape index (κ3) is 2.99. The minimum absolute atomic E-state index is 0.760. The van der Waals surface area contributed by atoms with Crippen molar-refractivity contribution in [3.8, 4) is 0 Å². The van der Waals surface area contributed by atoms with E-state index in [4.69, 9.17) is 28.2 Å². The molecule has 2 heterocycles. The molecule has 2 aromatic carbocycles. The van der Waals surface area contributed by atoms with Gasteiger partial charge in [0.15, 0.2) is 5.13 Å². The fourth-order valence-electron chi connectivity index (χ4n) is 2.87. The molecule has 0 bridgehead atoms. The van der Waals surface area contributed by atoms with Crippen molar-refractivity contribution in [2.45, 2.75) is 0 Å². The zero-order chi connectivity index (χ0) is 15.8. The summed E-state index contributed by atoms with van der Waals surface area (Å²) in [5.74, 6) is 0. The van der Waals surface area contributed by atoms with E-state index in [9.17, 15) is 0 Å². The highest BCUT2D eigenvalue weighted by Gasteiger charge is 2.21. The van der Waals surface area contributed by atoms with Crippen molar-refractivity contribution in [2.24, 2.45) is 0 Å². The predicted molar refractivity (Wildman–Crippen MR) is 101 cm³/mol. The van der Waals surface area contributed by atoms with Crippen LogP contribution in [0.15, 0.2) is 42.5 Å². The normalized spacial score (nSPS) is 15.4. The zero-order valence-corrected chi connectivity index (χ0v) is 14.7. The number of halogens is 2. The Morgan fingerprint density at radius 2 is 1.65 bits per heavy atom. The molecular formula is C17H15Cl2N3S. The molecule has 6 heteroatoms. The van der Waals surface area contributed by atoms with Gasteiger partial charge in [-0.15, -0.1) is 0 Å². The summed E-state index contributed by atoms with van der Waals surface area (Å²) < 4.78 is 1.14. The lowest BCUT2D eigenvalue weighted by Gasteiger charge is -2.36. The van der Waals surface area contributed by atoms with E-state index >= 15 is 0 Å². The molecule has 0 radical (unpaired) electrons. The van der Waals surface area contributed by atoms with Gasteiger partial charge in [0.05, 0.1) is 20.9 Å². The molecule has 1 aliphatic rings.